The van der Waals surface area contributed by atoms with Gasteiger partial charge in [-0.15, -0.1) is 0 Å². The van der Waals surface area contributed by atoms with E-state index in [-0.39, 0.29) is 12.3 Å². The van der Waals surface area contributed by atoms with Crippen molar-refractivity contribution in [3.05, 3.63) is 29.7 Å². The van der Waals surface area contributed by atoms with Gasteiger partial charge in [-0.25, -0.2) is 0 Å². The lowest BCUT2D eigenvalue weighted by atomic mass is 10.0. The van der Waals surface area contributed by atoms with Crippen LogP contribution < -0.4 is 0 Å². The van der Waals surface area contributed by atoms with Crippen molar-refractivity contribution >= 4 is 16.9 Å². The number of aromatic nitrogens is 2. The molecule has 2 aromatic heterocycles. The van der Waals surface area contributed by atoms with E-state index >= 15 is 0 Å². The third kappa shape index (κ3) is 1.30. The SMILES string of the molecule is O=C(O)CC1CCc2c1[nH]c1ccncc21. The lowest BCUT2D eigenvalue weighted by Gasteiger charge is -2.05. The van der Waals surface area contributed by atoms with E-state index in [0.717, 1.165) is 29.4 Å². The van der Waals surface area contributed by atoms with Crippen LogP contribution in [0.1, 0.15) is 30.0 Å². The molecule has 1 aliphatic carbocycles. The molecule has 0 saturated carbocycles. The monoisotopic (exact) mass is 216 g/mol. The molecule has 2 N–H and O–H groups in total. The number of hydrogen-bond donors (Lipinski definition) is 2. The van der Waals surface area contributed by atoms with Crippen molar-refractivity contribution in [1.29, 1.82) is 0 Å². The molecule has 0 radical (unpaired) electrons. The molecule has 1 aliphatic rings. The van der Waals surface area contributed by atoms with E-state index in [4.69, 9.17) is 5.11 Å². The number of H-pyrrole nitrogens is 1. The van der Waals surface area contributed by atoms with Gasteiger partial charge in [0.1, 0.15) is 0 Å². The van der Waals surface area contributed by atoms with Gasteiger partial charge in [-0.3, -0.25) is 9.78 Å². The molecule has 2 aromatic rings. The van der Waals surface area contributed by atoms with E-state index < -0.39 is 5.97 Å². The fraction of sp³-hybridized carbons (Fsp3) is 0.333. The summed E-state index contributed by atoms with van der Waals surface area (Å²) in [5, 5.41) is 9.99. The number of aromatic amines is 1. The Kier molecular flexibility index (Phi) is 1.96. The fourth-order valence-electron chi connectivity index (χ4n) is 2.61. The van der Waals surface area contributed by atoms with Crippen molar-refractivity contribution in [1.82, 2.24) is 9.97 Å². The standard InChI is InChI=1S/C12H12N2O2/c15-11(16)5-7-1-2-8-9-6-13-4-3-10(9)14-12(7)8/h3-4,6-7,14H,1-2,5H2,(H,15,16). The highest BCUT2D eigenvalue weighted by Gasteiger charge is 2.28. The summed E-state index contributed by atoms with van der Waals surface area (Å²) in [5.41, 5.74) is 3.43. The molecule has 4 nitrogen and oxygen atoms in total. The molecule has 1 unspecified atom stereocenters. The predicted molar refractivity (Wildman–Crippen MR) is 59.4 cm³/mol. The lowest BCUT2D eigenvalue weighted by molar-refractivity contribution is -0.137. The van der Waals surface area contributed by atoms with E-state index in [9.17, 15) is 4.79 Å². The average molecular weight is 216 g/mol. The first-order chi connectivity index (χ1) is 7.75. The van der Waals surface area contributed by atoms with Gasteiger partial charge in [0.15, 0.2) is 0 Å². The molecule has 1 atom stereocenters. The highest BCUT2D eigenvalue weighted by Crippen LogP contribution is 2.38. The Morgan fingerprint density at radius 3 is 3.31 bits per heavy atom. The molecular formula is C12H12N2O2. The summed E-state index contributed by atoms with van der Waals surface area (Å²) < 4.78 is 0. The van der Waals surface area contributed by atoms with Crippen molar-refractivity contribution in [3.8, 4) is 0 Å². The Morgan fingerprint density at radius 1 is 1.62 bits per heavy atom. The molecule has 4 heteroatoms. The van der Waals surface area contributed by atoms with Gasteiger partial charge in [0, 0.05) is 34.9 Å². The first kappa shape index (κ1) is 9.39. The van der Waals surface area contributed by atoms with E-state index in [2.05, 4.69) is 9.97 Å². The van der Waals surface area contributed by atoms with Gasteiger partial charge in [0.25, 0.3) is 0 Å². The third-order valence-corrected chi connectivity index (χ3v) is 3.31. The summed E-state index contributed by atoms with van der Waals surface area (Å²) in [6.07, 6.45) is 5.71. The maximum atomic E-state index is 10.8. The Labute approximate surface area is 92.3 Å². The number of carboxylic acids is 1. The first-order valence-electron chi connectivity index (χ1n) is 5.42. The quantitative estimate of drug-likeness (QED) is 0.807. The smallest absolute Gasteiger partial charge is 0.304 e. The first-order valence-corrected chi connectivity index (χ1v) is 5.42. The average Bonchev–Trinajstić information content (AvgIpc) is 2.78. The Morgan fingerprint density at radius 2 is 2.50 bits per heavy atom. The molecule has 0 aromatic carbocycles. The minimum absolute atomic E-state index is 0.139. The topological polar surface area (TPSA) is 66.0 Å². The minimum atomic E-state index is -0.727. The molecule has 16 heavy (non-hydrogen) atoms. The zero-order valence-corrected chi connectivity index (χ0v) is 8.73. The van der Waals surface area contributed by atoms with Gasteiger partial charge in [-0.2, -0.15) is 0 Å². The molecule has 0 spiro atoms. The number of carboxylic acid groups (broad SMARTS) is 1. The molecule has 2 heterocycles. The second kappa shape index (κ2) is 3.33. The number of fused-ring (bicyclic) bond motifs is 3. The zero-order valence-electron chi connectivity index (χ0n) is 8.73. The van der Waals surface area contributed by atoms with Gasteiger partial charge >= 0.3 is 5.97 Å². The van der Waals surface area contributed by atoms with Gasteiger partial charge in [0.2, 0.25) is 0 Å². The van der Waals surface area contributed by atoms with Gasteiger partial charge < -0.3 is 10.1 Å². The number of nitrogens with zero attached hydrogens (tertiary/aromatic N) is 1. The second-order valence-electron chi connectivity index (χ2n) is 4.27. The summed E-state index contributed by atoms with van der Waals surface area (Å²) in [7, 11) is 0. The van der Waals surface area contributed by atoms with Crippen molar-refractivity contribution in [2.75, 3.05) is 0 Å². The summed E-state index contributed by atoms with van der Waals surface area (Å²) in [4.78, 5) is 18.2. The van der Waals surface area contributed by atoms with Crippen LogP contribution in [0, 0.1) is 0 Å². The minimum Gasteiger partial charge on any atom is -0.481 e. The third-order valence-electron chi connectivity index (χ3n) is 3.31. The highest BCUT2D eigenvalue weighted by atomic mass is 16.4. The Balaban J connectivity index is 2.08. The summed E-state index contributed by atoms with van der Waals surface area (Å²) in [6, 6.07) is 1.94. The van der Waals surface area contributed by atoms with Crippen LogP contribution in [-0.2, 0) is 11.2 Å². The van der Waals surface area contributed by atoms with Crippen molar-refractivity contribution in [2.24, 2.45) is 0 Å². The molecule has 0 aliphatic heterocycles. The van der Waals surface area contributed by atoms with Gasteiger partial charge in [-0.1, -0.05) is 0 Å². The number of rotatable bonds is 2. The van der Waals surface area contributed by atoms with Gasteiger partial charge in [-0.05, 0) is 24.5 Å². The van der Waals surface area contributed by atoms with Crippen LogP contribution in [0.5, 0.6) is 0 Å². The van der Waals surface area contributed by atoms with E-state index in [1.165, 1.54) is 5.56 Å². The van der Waals surface area contributed by atoms with Crippen LogP contribution >= 0.6 is 0 Å². The van der Waals surface area contributed by atoms with Crippen LogP contribution in [-0.4, -0.2) is 21.0 Å². The summed E-state index contributed by atoms with van der Waals surface area (Å²) in [5.74, 6) is -0.588. The molecule has 0 fully saturated rings. The van der Waals surface area contributed by atoms with Crippen molar-refractivity contribution in [3.63, 3.8) is 0 Å². The van der Waals surface area contributed by atoms with Crippen molar-refractivity contribution < 1.29 is 9.90 Å². The highest BCUT2D eigenvalue weighted by molar-refractivity contribution is 5.85. The number of hydrogen-bond acceptors (Lipinski definition) is 2. The maximum absolute atomic E-state index is 10.8. The molecule has 0 bridgehead atoms. The van der Waals surface area contributed by atoms with E-state index in [1.54, 1.807) is 6.20 Å². The number of aliphatic carboxylic acids is 1. The Bertz CT molecular complexity index is 559. The Hall–Kier alpha value is -1.84. The van der Waals surface area contributed by atoms with Gasteiger partial charge in [0.05, 0.1) is 6.42 Å². The van der Waals surface area contributed by atoms with E-state index in [1.807, 2.05) is 12.3 Å². The zero-order chi connectivity index (χ0) is 11.1. The van der Waals surface area contributed by atoms with Crippen LogP contribution in [0.2, 0.25) is 0 Å². The number of pyridine rings is 1. The largest absolute Gasteiger partial charge is 0.481 e. The normalized spacial score (nSPS) is 18.9. The summed E-state index contributed by atoms with van der Waals surface area (Å²) in [6.45, 7) is 0. The van der Waals surface area contributed by atoms with Crippen LogP contribution in [0.15, 0.2) is 18.5 Å². The molecule has 82 valence electrons. The summed E-state index contributed by atoms with van der Waals surface area (Å²) >= 11 is 0. The molecule has 3 rings (SSSR count). The van der Waals surface area contributed by atoms with Crippen LogP contribution in [0.25, 0.3) is 10.9 Å². The molecule has 0 saturated heterocycles. The maximum Gasteiger partial charge on any atom is 0.304 e. The number of carbonyl (C=O) groups is 1. The molecule has 0 amide bonds. The van der Waals surface area contributed by atoms with Crippen LogP contribution in [0.3, 0.4) is 0 Å². The number of aryl methyl sites for hydroxylation is 1. The number of nitrogens with one attached hydrogen (secondary N) is 1. The van der Waals surface area contributed by atoms with E-state index in [0.29, 0.717) is 0 Å². The molecular weight excluding hydrogens is 204 g/mol. The fourth-order valence-corrected chi connectivity index (χ4v) is 2.61. The van der Waals surface area contributed by atoms with Crippen molar-refractivity contribution in [2.45, 2.75) is 25.2 Å². The van der Waals surface area contributed by atoms with Crippen LogP contribution in [0.4, 0.5) is 0 Å². The predicted octanol–water partition coefficient (Wildman–Crippen LogP) is 2.07. The second-order valence-corrected chi connectivity index (χ2v) is 4.27. The lowest BCUT2D eigenvalue weighted by Crippen LogP contribution is -2.03.